The van der Waals surface area contributed by atoms with Gasteiger partial charge in [-0.05, 0) is 73.3 Å². The average Bonchev–Trinajstić information content (AvgIpc) is 2.95. The molecule has 0 fully saturated rings. The molecule has 258 valence electrons. The molecule has 0 unspecified atom stereocenters. The van der Waals surface area contributed by atoms with Crippen molar-refractivity contribution >= 4 is 30.1 Å². The molecule has 2 rings (SSSR count). The van der Waals surface area contributed by atoms with Crippen molar-refractivity contribution in [2.45, 2.75) is 111 Å². The van der Waals surface area contributed by atoms with Crippen LogP contribution >= 0.6 is 0 Å². The summed E-state index contributed by atoms with van der Waals surface area (Å²) in [4.78, 5) is 48.4. The minimum atomic E-state index is -0.712. The van der Waals surface area contributed by atoms with E-state index in [-0.39, 0.29) is 18.5 Å². The van der Waals surface area contributed by atoms with Crippen LogP contribution in [0.15, 0.2) is 34.3 Å². The first-order valence-corrected chi connectivity index (χ1v) is 16.3. The van der Waals surface area contributed by atoms with E-state index in [0.717, 1.165) is 62.7 Å². The first-order valence-electron chi connectivity index (χ1n) is 16.3. The van der Waals surface area contributed by atoms with Crippen LogP contribution in [0, 0.1) is 0 Å². The number of alkyl carbamates (subject to hydrolysis) is 2. The highest BCUT2D eigenvalue weighted by atomic mass is 16.6. The van der Waals surface area contributed by atoms with Crippen molar-refractivity contribution in [3.8, 4) is 5.75 Å². The number of hydrogen-bond donors (Lipinski definition) is 4. The zero-order valence-electron chi connectivity index (χ0n) is 28.8. The molecule has 13 nitrogen and oxygen atoms in total. The number of nitrogens with zero attached hydrogens (tertiary/aromatic N) is 3. The van der Waals surface area contributed by atoms with Gasteiger partial charge in [0, 0.05) is 32.2 Å². The summed E-state index contributed by atoms with van der Waals surface area (Å²) in [6.07, 6.45) is 5.99. The van der Waals surface area contributed by atoms with Gasteiger partial charge in [-0.1, -0.05) is 43.9 Å². The number of urea groups is 1. The van der Waals surface area contributed by atoms with Gasteiger partial charge in [0.1, 0.15) is 17.0 Å². The van der Waals surface area contributed by atoms with E-state index in [1.807, 2.05) is 24.3 Å². The summed E-state index contributed by atoms with van der Waals surface area (Å²) in [5.41, 5.74) is -0.458. The standard InChI is InChI=1S/C33H55N7O6/c1-32(2,3)45-30(42)38-27(34-7)35-20-14-8-9-15-21-40-22-16-10-11-17-23-44-26-19-13-12-18-25(26)24-36-28(37-29(40)41)39-31(43)46-33(4,5)6/h12-13,18-19H,8-11,14-17,20-24H2,1-7H3,(H2,34,35,38,42)(H2,36,37,39,41,43). The fourth-order valence-electron chi connectivity index (χ4n) is 4.45. The SMILES string of the molecule is CN=C(NCCCCCCN1CCCCCCOc2ccccc2CN=C(NC(=O)OC(C)(C)C)NC1=O)NC(=O)OC(C)(C)C. The molecule has 1 heterocycles. The van der Waals surface area contributed by atoms with Gasteiger partial charge in [0.25, 0.3) is 0 Å². The maximum Gasteiger partial charge on any atom is 0.414 e. The van der Waals surface area contributed by atoms with Crippen LogP contribution in [0.4, 0.5) is 14.4 Å². The Bertz CT molecular complexity index is 1170. The molecular formula is C33H55N7O6. The molecule has 0 bridgehead atoms. The van der Waals surface area contributed by atoms with Crippen molar-refractivity contribution in [1.82, 2.24) is 26.2 Å². The number of hydrogen-bond acceptors (Lipinski definition) is 8. The van der Waals surface area contributed by atoms with Crippen LogP contribution in [0.2, 0.25) is 0 Å². The minimum absolute atomic E-state index is 0.0217. The number of aliphatic imine (C=N–C) groups is 2. The lowest BCUT2D eigenvalue weighted by molar-refractivity contribution is 0.0549. The maximum absolute atomic E-state index is 13.5. The van der Waals surface area contributed by atoms with Crippen molar-refractivity contribution in [3.63, 3.8) is 0 Å². The third kappa shape index (κ3) is 16.9. The van der Waals surface area contributed by atoms with Gasteiger partial charge in [0.2, 0.25) is 11.9 Å². The maximum atomic E-state index is 13.5. The number of ether oxygens (including phenoxy) is 3. The zero-order valence-corrected chi connectivity index (χ0v) is 28.8. The molecule has 1 aromatic rings. The molecule has 4 N–H and O–H groups in total. The summed E-state index contributed by atoms with van der Waals surface area (Å²) >= 11 is 0. The normalized spacial score (nSPS) is 15.5. The third-order valence-electron chi connectivity index (χ3n) is 6.58. The van der Waals surface area contributed by atoms with Crippen molar-refractivity contribution in [2.24, 2.45) is 9.98 Å². The second-order valence-corrected chi connectivity index (χ2v) is 13.1. The van der Waals surface area contributed by atoms with Gasteiger partial charge in [-0.2, -0.15) is 0 Å². The largest absolute Gasteiger partial charge is 0.493 e. The van der Waals surface area contributed by atoms with Crippen LogP contribution in [-0.2, 0) is 16.0 Å². The smallest absolute Gasteiger partial charge is 0.414 e. The Morgan fingerprint density at radius 2 is 1.63 bits per heavy atom. The number of carbonyl (C=O) groups excluding carboxylic acids is 3. The zero-order chi connectivity index (χ0) is 34.0. The molecule has 0 saturated heterocycles. The van der Waals surface area contributed by atoms with Gasteiger partial charge in [-0.15, -0.1) is 0 Å². The Balaban J connectivity index is 1.97. The monoisotopic (exact) mass is 645 g/mol. The van der Waals surface area contributed by atoms with Gasteiger partial charge >= 0.3 is 18.2 Å². The van der Waals surface area contributed by atoms with Crippen LogP contribution in [0.3, 0.4) is 0 Å². The van der Waals surface area contributed by atoms with Crippen LogP contribution in [0.25, 0.3) is 0 Å². The van der Waals surface area contributed by atoms with E-state index in [1.54, 1.807) is 53.5 Å². The molecule has 1 aliphatic rings. The van der Waals surface area contributed by atoms with E-state index in [2.05, 4.69) is 31.3 Å². The highest BCUT2D eigenvalue weighted by Gasteiger charge is 2.21. The summed E-state index contributed by atoms with van der Waals surface area (Å²) in [5.74, 6) is 1.12. The molecule has 0 saturated carbocycles. The van der Waals surface area contributed by atoms with Gasteiger partial charge in [-0.3, -0.25) is 20.9 Å². The number of unbranched alkanes of at least 4 members (excludes halogenated alkanes) is 3. The Labute approximate surface area is 274 Å². The molecule has 46 heavy (non-hydrogen) atoms. The summed E-state index contributed by atoms with van der Waals surface area (Å²) in [6, 6.07) is 7.30. The van der Waals surface area contributed by atoms with Gasteiger partial charge < -0.3 is 24.4 Å². The predicted octanol–water partition coefficient (Wildman–Crippen LogP) is 5.69. The average molecular weight is 646 g/mol. The topological polar surface area (TPSA) is 155 Å². The number of guanidine groups is 2. The molecule has 1 aliphatic heterocycles. The number of amides is 4. The molecule has 13 heteroatoms. The van der Waals surface area contributed by atoms with Gasteiger partial charge in [-0.25, -0.2) is 19.4 Å². The fraction of sp³-hybridized carbons (Fsp3) is 0.667. The highest BCUT2D eigenvalue weighted by molar-refractivity contribution is 6.02. The number of rotatable bonds is 7. The van der Waals surface area contributed by atoms with E-state index < -0.39 is 23.4 Å². The molecule has 0 atom stereocenters. The highest BCUT2D eigenvalue weighted by Crippen LogP contribution is 2.20. The summed E-state index contributed by atoms with van der Waals surface area (Å²) in [6.45, 7) is 13.3. The van der Waals surface area contributed by atoms with Crippen molar-refractivity contribution < 1.29 is 28.6 Å². The number of para-hydroxylation sites is 1. The quantitative estimate of drug-likeness (QED) is 0.169. The van der Waals surface area contributed by atoms with Gasteiger partial charge in [0.05, 0.1) is 13.2 Å². The first-order chi connectivity index (χ1) is 21.8. The van der Waals surface area contributed by atoms with E-state index in [4.69, 9.17) is 14.2 Å². The van der Waals surface area contributed by atoms with Gasteiger partial charge in [0.15, 0.2) is 0 Å². The lowest BCUT2D eigenvalue weighted by Crippen LogP contribution is -2.50. The van der Waals surface area contributed by atoms with E-state index in [1.165, 1.54) is 0 Å². The summed E-state index contributed by atoms with van der Waals surface area (Å²) in [5, 5.41) is 11.2. The van der Waals surface area contributed by atoms with E-state index >= 15 is 0 Å². The summed E-state index contributed by atoms with van der Waals surface area (Å²) in [7, 11) is 1.60. The molecule has 0 aromatic heterocycles. The third-order valence-corrected chi connectivity index (χ3v) is 6.58. The van der Waals surface area contributed by atoms with Crippen LogP contribution < -0.4 is 26.0 Å². The molecule has 0 aliphatic carbocycles. The van der Waals surface area contributed by atoms with Crippen LogP contribution in [-0.4, -0.2) is 79.5 Å². The second kappa shape index (κ2) is 19.5. The summed E-state index contributed by atoms with van der Waals surface area (Å²) < 4.78 is 16.7. The second-order valence-electron chi connectivity index (χ2n) is 13.1. The fourth-order valence-corrected chi connectivity index (χ4v) is 4.45. The number of benzene rings is 1. The Morgan fingerprint density at radius 1 is 0.957 bits per heavy atom. The molecular weight excluding hydrogens is 590 g/mol. The van der Waals surface area contributed by atoms with Crippen molar-refractivity contribution in [3.05, 3.63) is 29.8 Å². The van der Waals surface area contributed by atoms with Crippen molar-refractivity contribution in [2.75, 3.05) is 33.3 Å². The Morgan fingerprint density at radius 3 is 2.35 bits per heavy atom. The minimum Gasteiger partial charge on any atom is -0.493 e. The molecule has 0 radical (unpaired) electrons. The molecule has 1 aromatic carbocycles. The lowest BCUT2D eigenvalue weighted by atomic mass is 10.1. The first kappa shape index (κ1) is 38.2. The van der Waals surface area contributed by atoms with Crippen LogP contribution in [0.5, 0.6) is 5.75 Å². The molecule has 4 amide bonds. The number of fused-ring (bicyclic) bond motifs is 1. The van der Waals surface area contributed by atoms with E-state index in [9.17, 15) is 14.4 Å². The molecule has 0 spiro atoms. The Kier molecular flexibility index (Phi) is 16.2. The number of nitrogens with one attached hydrogen (secondary N) is 4. The van der Waals surface area contributed by atoms with Crippen molar-refractivity contribution in [1.29, 1.82) is 0 Å². The lowest BCUT2D eigenvalue weighted by Gasteiger charge is -2.24. The Hall–Kier alpha value is -4.03. The van der Waals surface area contributed by atoms with E-state index in [0.29, 0.717) is 32.2 Å². The predicted molar refractivity (Wildman–Crippen MR) is 180 cm³/mol. The van der Waals surface area contributed by atoms with Crippen LogP contribution in [0.1, 0.15) is 98.5 Å². The number of carbonyl (C=O) groups is 3.